The quantitative estimate of drug-likeness (QED) is 0.850. The van der Waals surface area contributed by atoms with Crippen LogP contribution in [0.25, 0.3) is 0 Å². The van der Waals surface area contributed by atoms with E-state index in [0.717, 1.165) is 18.5 Å². The van der Waals surface area contributed by atoms with Gasteiger partial charge in [-0.1, -0.05) is 11.8 Å². The largest absolute Gasteiger partial charge is 0.395 e. The molecule has 1 fully saturated rings. The predicted octanol–water partition coefficient (Wildman–Crippen LogP) is 1.34. The molecule has 102 valence electrons. The van der Waals surface area contributed by atoms with Gasteiger partial charge in [0.15, 0.2) is 0 Å². The molecule has 4 nitrogen and oxygen atoms in total. The molecule has 0 bridgehead atoms. The lowest BCUT2D eigenvalue weighted by Gasteiger charge is -2.15. The lowest BCUT2D eigenvalue weighted by atomic mass is 10.2. The van der Waals surface area contributed by atoms with Gasteiger partial charge in [0.2, 0.25) is 0 Å². The van der Waals surface area contributed by atoms with Crippen molar-refractivity contribution in [2.45, 2.75) is 18.9 Å². The van der Waals surface area contributed by atoms with Gasteiger partial charge in [-0.15, -0.1) is 11.3 Å². The van der Waals surface area contributed by atoms with E-state index >= 15 is 0 Å². The summed E-state index contributed by atoms with van der Waals surface area (Å²) in [7, 11) is 1.68. The molecule has 1 unspecified atom stereocenters. The molecule has 1 atom stereocenters. The summed E-state index contributed by atoms with van der Waals surface area (Å²) in [4.78, 5) is 14.9. The number of methoxy groups -OCH3 is 1. The standard InChI is InChI=1S/C14H17NO3S/c1-18-12-5-7-15(10-12)14(17)13-11(6-9-19-13)4-2-3-8-16/h6,9,12,16H,3,5,7-8,10H2,1H3. The Balaban J connectivity index is 2.08. The number of hydrogen-bond donors (Lipinski definition) is 1. The fourth-order valence-corrected chi connectivity index (χ4v) is 2.85. The molecule has 0 saturated carbocycles. The lowest BCUT2D eigenvalue weighted by Crippen LogP contribution is -2.29. The second kappa shape index (κ2) is 6.71. The minimum Gasteiger partial charge on any atom is -0.395 e. The van der Waals surface area contributed by atoms with Crippen LogP contribution in [0.15, 0.2) is 11.4 Å². The Hall–Kier alpha value is -1.35. The van der Waals surface area contributed by atoms with Crippen LogP contribution in [0.5, 0.6) is 0 Å². The summed E-state index contributed by atoms with van der Waals surface area (Å²) >= 11 is 1.41. The van der Waals surface area contributed by atoms with Crippen LogP contribution in [0.1, 0.15) is 28.1 Å². The molecule has 0 spiro atoms. The SMILES string of the molecule is COC1CCN(C(=O)c2sccc2C#CCCO)C1. The Morgan fingerprint density at radius 2 is 2.53 bits per heavy atom. The van der Waals surface area contributed by atoms with Crippen LogP contribution in [0.2, 0.25) is 0 Å². The Morgan fingerprint density at radius 3 is 3.21 bits per heavy atom. The third-order valence-electron chi connectivity index (χ3n) is 3.08. The summed E-state index contributed by atoms with van der Waals surface area (Å²) in [5.74, 6) is 5.83. The molecule has 0 aliphatic carbocycles. The van der Waals surface area contributed by atoms with Crippen LogP contribution >= 0.6 is 11.3 Å². The van der Waals surface area contributed by atoms with Crippen LogP contribution in [0.4, 0.5) is 0 Å². The summed E-state index contributed by atoms with van der Waals surface area (Å²) in [6, 6.07) is 1.85. The third kappa shape index (κ3) is 3.35. The maximum absolute atomic E-state index is 12.4. The minimum absolute atomic E-state index is 0.0304. The van der Waals surface area contributed by atoms with Crippen molar-refractivity contribution < 1.29 is 14.6 Å². The van der Waals surface area contributed by atoms with E-state index in [0.29, 0.717) is 17.8 Å². The summed E-state index contributed by atoms with van der Waals surface area (Å²) in [6.07, 6.45) is 1.46. The van der Waals surface area contributed by atoms with Gasteiger partial charge in [0.05, 0.1) is 12.7 Å². The number of amides is 1. The first-order valence-corrected chi connectivity index (χ1v) is 7.13. The van der Waals surface area contributed by atoms with Crippen LogP contribution in [0, 0.1) is 11.8 Å². The number of nitrogens with zero attached hydrogens (tertiary/aromatic N) is 1. The maximum atomic E-state index is 12.4. The van der Waals surface area contributed by atoms with Gasteiger partial charge < -0.3 is 14.7 Å². The summed E-state index contributed by atoms with van der Waals surface area (Å²) in [5.41, 5.74) is 0.754. The van der Waals surface area contributed by atoms with Crippen molar-refractivity contribution in [3.8, 4) is 11.8 Å². The zero-order valence-corrected chi connectivity index (χ0v) is 11.7. The molecule has 5 heteroatoms. The fraction of sp³-hybridized carbons (Fsp3) is 0.500. The number of carbonyl (C=O) groups is 1. The van der Waals surface area contributed by atoms with Crippen molar-refractivity contribution in [3.63, 3.8) is 0 Å². The van der Waals surface area contributed by atoms with Gasteiger partial charge in [0, 0.05) is 32.2 Å². The minimum atomic E-state index is 0.0304. The number of aliphatic hydroxyl groups is 1. The molecule has 2 rings (SSSR count). The number of thiophene rings is 1. The first-order chi connectivity index (χ1) is 9.26. The van der Waals surface area contributed by atoms with Crippen molar-refractivity contribution in [1.29, 1.82) is 0 Å². The van der Waals surface area contributed by atoms with Crippen LogP contribution < -0.4 is 0 Å². The lowest BCUT2D eigenvalue weighted by molar-refractivity contribution is 0.0728. The van der Waals surface area contributed by atoms with Crippen molar-refractivity contribution >= 4 is 17.2 Å². The highest BCUT2D eigenvalue weighted by Gasteiger charge is 2.28. The average molecular weight is 279 g/mol. The van der Waals surface area contributed by atoms with E-state index in [2.05, 4.69) is 11.8 Å². The van der Waals surface area contributed by atoms with E-state index in [1.807, 2.05) is 16.3 Å². The molecule has 19 heavy (non-hydrogen) atoms. The van der Waals surface area contributed by atoms with Gasteiger partial charge in [-0.3, -0.25) is 4.79 Å². The molecule has 0 aromatic carbocycles. The fourth-order valence-electron chi connectivity index (χ4n) is 2.04. The zero-order chi connectivity index (χ0) is 13.7. The van der Waals surface area contributed by atoms with E-state index in [1.165, 1.54) is 11.3 Å². The highest BCUT2D eigenvalue weighted by molar-refractivity contribution is 7.12. The van der Waals surface area contributed by atoms with Gasteiger partial charge in [-0.25, -0.2) is 0 Å². The predicted molar refractivity (Wildman–Crippen MR) is 74.2 cm³/mol. The van der Waals surface area contributed by atoms with E-state index in [4.69, 9.17) is 9.84 Å². The third-order valence-corrected chi connectivity index (χ3v) is 3.99. The molecule has 2 heterocycles. The molecule has 1 N–H and O–H groups in total. The summed E-state index contributed by atoms with van der Waals surface area (Å²) < 4.78 is 5.27. The van der Waals surface area contributed by atoms with Gasteiger partial charge in [-0.05, 0) is 17.9 Å². The number of hydrogen-bond acceptors (Lipinski definition) is 4. The number of aliphatic hydroxyl groups excluding tert-OH is 1. The highest BCUT2D eigenvalue weighted by Crippen LogP contribution is 2.21. The smallest absolute Gasteiger partial charge is 0.265 e. The first kappa shape index (κ1) is 14.1. The van der Waals surface area contributed by atoms with Gasteiger partial charge in [-0.2, -0.15) is 0 Å². The molecule has 1 aromatic rings. The van der Waals surface area contributed by atoms with Crippen molar-refractivity contribution in [2.75, 3.05) is 26.8 Å². The van der Waals surface area contributed by atoms with Gasteiger partial charge in [0.25, 0.3) is 5.91 Å². The normalized spacial score (nSPS) is 18.2. The topological polar surface area (TPSA) is 49.8 Å². The van der Waals surface area contributed by atoms with Gasteiger partial charge in [0.1, 0.15) is 4.88 Å². The molecular weight excluding hydrogens is 262 g/mol. The van der Waals surface area contributed by atoms with Crippen LogP contribution in [-0.2, 0) is 4.74 Å². The monoisotopic (exact) mass is 279 g/mol. The average Bonchev–Trinajstić information content (AvgIpc) is 3.07. The van der Waals surface area contributed by atoms with Crippen molar-refractivity contribution in [3.05, 3.63) is 21.9 Å². The second-order valence-electron chi connectivity index (χ2n) is 4.34. The Morgan fingerprint density at radius 1 is 1.68 bits per heavy atom. The van der Waals surface area contributed by atoms with E-state index in [1.54, 1.807) is 7.11 Å². The highest BCUT2D eigenvalue weighted by atomic mass is 32.1. The molecule has 1 saturated heterocycles. The number of rotatable bonds is 3. The number of carbonyl (C=O) groups excluding carboxylic acids is 1. The summed E-state index contributed by atoms with van der Waals surface area (Å²) in [5, 5.41) is 10.6. The first-order valence-electron chi connectivity index (χ1n) is 6.25. The van der Waals surface area contributed by atoms with E-state index in [9.17, 15) is 4.79 Å². The van der Waals surface area contributed by atoms with Crippen molar-refractivity contribution in [1.82, 2.24) is 4.90 Å². The van der Waals surface area contributed by atoms with Gasteiger partial charge >= 0.3 is 0 Å². The molecular formula is C14H17NO3S. The molecule has 1 aromatic heterocycles. The van der Waals surface area contributed by atoms with Crippen LogP contribution in [0.3, 0.4) is 0 Å². The molecule has 1 amide bonds. The van der Waals surface area contributed by atoms with E-state index < -0.39 is 0 Å². The Kier molecular flexibility index (Phi) is 4.97. The van der Waals surface area contributed by atoms with Crippen LogP contribution in [-0.4, -0.2) is 48.8 Å². The summed E-state index contributed by atoms with van der Waals surface area (Å²) in [6.45, 7) is 1.43. The van der Waals surface area contributed by atoms with Crippen molar-refractivity contribution in [2.24, 2.45) is 0 Å². The number of ether oxygens (including phenoxy) is 1. The Labute approximate surface area is 117 Å². The molecule has 1 aliphatic heterocycles. The maximum Gasteiger partial charge on any atom is 0.265 e. The Bertz CT molecular complexity index is 500. The molecule has 1 aliphatic rings. The molecule has 0 radical (unpaired) electrons. The zero-order valence-electron chi connectivity index (χ0n) is 10.9. The van der Waals surface area contributed by atoms with E-state index in [-0.39, 0.29) is 18.6 Å². The second-order valence-corrected chi connectivity index (χ2v) is 5.25. The number of likely N-dealkylation sites (tertiary alicyclic amines) is 1.